The van der Waals surface area contributed by atoms with Crippen molar-refractivity contribution in [1.29, 1.82) is 0 Å². The molecule has 1 fully saturated rings. The lowest BCUT2D eigenvalue weighted by Crippen LogP contribution is -2.49. The smallest absolute Gasteiger partial charge is 0.274 e. The molecule has 7 nitrogen and oxygen atoms in total. The molecule has 1 amide bonds. The van der Waals surface area contributed by atoms with Crippen LogP contribution in [-0.2, 0) is 0 Å². The van der Waals surface area contributed by atoms with E-state index < -0.39 is 0 Å². The summed E-state index contributed by atoms with van der Waals surface area (Å²) >= 11 is 0. The number of para-hydroxylation sites is 1. The van der Waals surface area contributed by atoms with Crippen LogP contribution in [0.1, 0.15) is 10.5 Å². The molecule has 0 unspecified atom stereocenters. The van der Waals surface area contributed by atoms with Gasteiger partial charge in [-0.3, -0.25) is 9.59 Å². The van der Waals surface area contributed by atoms with Crippen molar-refractivity contribution in [3.8, 4) is 0 Å². The third-order valence-electron chi connectivity index (χ3n) is 4.37. The van der Waals surface area contributed by atoms with Crippen LogP contribution in [-0.4, -0.2) is 52.2 Å². The Morgan fingerprint density at radius 3 is 2.52 bits per heavy atom. The molecule has 0 saturated carbocycles. The van der Waals surface area contributed by atoms with Crippen LogP contribution in [0.3, 0.4) is 0 Å². The molecule has 0 radical (unpaired) electrons. The number of nitrogens with zero attached hydrogens (tertiary/aromatic N) is 4. The summed E-state index contributed by atoms with van der Waals surface area (Å²) in [6.45, 7) is 2.60. The number of aromatic amines is 1. The van der Waals surface area contributed by atoms with Gasteiger partial charge in [0.05, 0.1) is 5.52 Å². The van der Waals surface area contributed by atoms with E-state index in [9.17, 15) is 9.59 Å². The molecular weight excluding hydrogens is 318 g/mol. The van der Waals surface area contributed by atoms with Crippen LogP contribution >= 0.6 is 0 Å². The van der Waals surface area contributed by atoms with Gasteiger partial charge in [-0.2, -0.15) is 5.10 Å². The van der Waals surface area contributed by atoms with Gasteiger partial charge in [0.1, 0.15) is 11.5 Å². The fraction of sp³-hybridized carbons (Fsp3) is 0.222. The van der Waals surface area contributed by atoms with Gasteiger partial charge in [0.2, 0.25) is 0 Å². The van der Waals surface area contributed by atoms with Crippen molar-refractivity contribution in [2.45, 2.75) is 0 Å². The van der Waals surface area contributed by atoms with E-state index >= 15 is 0 Å². The maximum Gasteiger partial charge on any atom is 0.274 e. The van der Waals surface area contributed by atoms with E-state index in [1.54, 1.807) is 4.90 Å². The number of carbonyl (C=O) groups excluding carboxylic acids is 1. The Hall–Kier alpha value is -3.22. The first-order valence-corrected chi connectivity index (χ1v) is 8.16. The highest BCUT2D eigenvalue weighted by Gasteiger charge is 2.23. The molecule has 0 spiro atoms. The number of pyridine rings is 1. The van der Waals surface area contributed by atoms with Crippen LogP contribution in [0.5, 0.6) is 0 Å². The fourth-order valence-corrected chi connectivity index (χ4v) is 3.00. The highest BCUT2D eigenvalue weighted by molar-refractivity contribution is 5.92. The minimum atomic E-state index is -0.316. The van der Waals surface area contributed by atoms with Gasteiger partial charge in [-0.15, -0.1) is 0 Å². The van der Waals surface area contributed by atoms with E-state index in [1.807, 2.05) is 30.3 Å². The van der Waals surface area contributed by atoms with Gasteiger partial charge in [0, 0.05) is 37.6 Å². The van der Waals surface area contributed by atoms with Gasteiger partial charge in [0.15, 0.2) is 0 Å². The Morgan fingerprint density at radius 1 is 0.960 bits per heavy atom. The van der Waals surface area contributed by atoms with Crippen molar-refractivity contribution >= 4 is 22.6 Å². The van der Waals surface area contributed by atoms with Crippen LogP contribution in [0.25, 0.3) is 10.9 Å². The molecule has 126 valence electrons. The number of rotatable bonds is 2. The Bertz CT molecular complexity index is 956. The number of piperazine rings is 1. The van der Waals surface area contributed by atoms with E-state index in [2.05, 4.69) is 21.2 Å². The van der Waals surface area contributed by atoms with E-state index in [-0.39, 0.29) is 17.2 Å². The number of benzene rings is 1. The molecule has 0 bridgehead atoms. The lowest BCUT2D eigenvalue weighted by atomic mass is 10.2. The molecule has 1 aliphatic rings. The van der Waals surface area contributed by atoms with Crippen LogP contribution in [0.15, 0.2) is 53.3 Å². The summed E-state index contributed by atoms with van der Waals surface area (Å²) < 4.78 is 0. The monoisotopic (exact) mass is 335 g/mol. The number of anilines is 1. The molecule has 0 aliphatic carbocycles. The normalized spacial score (nSPS) is 14.7. The van der Waals surface area contributed by atoms with E-state index in [0.29, 0.717) is 26.2 Å². The molecule has 1 saturated heterocycles. The fourth-order valence-electron chi connectivity index (χ4n) is 3.00. The number of aromatic nitrogens is 3. The summed E-state index contributed by atoms with van der Waals surface area (Å²) in [6.07, 6.45) is 0. The van der Waals surface area contributed by atoms with Crippen molar-refractivity contribution in [3.05, 3.63) is 64.6 Å². The number of amides is 1. The molecule has 0 atom stereocenters. The number of hydrogen-bond acceptors (Lipinski definition) is 5. The van der Waals surface area contributed by atoms with Crippen molar-refractivity contribution in [2.75, 3.05) is 31.1 Å². The number of fused-ring (bicyclic) bond motifs is 1. The van der Waals surface area contributed by atoms with Crippen molar-refractivity contribution < 1.29 is 4.79 Å². The zero-order valence-corrected chi connectivity index (χ0v) is 13.6. The second-order valence-electron chi connectivity index (χ2n) is 5.95. The van der Waals surface area contributed by atoms with Gasteiger partial charge in [-0.05, 0) is 24.3 Å². The molecular formula is C18H17N5O2. The Morgan fingerprint density at radius 2 is 1.76 bits per heavy atom. The first-order valence-electron chi connectivity index (χ1n) is 8.16. The summed E-state index contributed by atoms with van der Waals surface area (Å²) in [7, 11) is 0. The van der Waals surface area contributed by atoms with Crippen LogP contribution in [0, 0.1) is 0 Å². The molecule has 1 aromatic carbocycles. The van der Waals surface area contributed by atoms with Crippen molar-refractivity contribution in [3.63, 3.8) is 0 Å². The predicted octanol–water partition coefficient (Wildman–Crippen LogP) is 1.28. The molecule has 4 rings (SSSR count). The van der Waals surface area contributed by atoms with Crippen LogP contribution in [0.4, 0.5) is 5.82 Å². The molecule has 7 heteroatoms. The zero-order valence-electron chi connectivity index (χ0n) is 13.6. The van der Waals surface area contributed by atoms with Crippen molar-refractivity contribution in [2.24, 2.45) is 0 Å². The Balaban J connectivity index is 1.46. The van der Waals surface area contributed by atoms with Gasteiger partial charge in [0.25, 0.3) is 11.5 Å². The Labute approximate surface area is 143 Å². The maximum absolute atomic E-state index is 12.4. The third kappa shape index (κ3) is 3.08. The molecule has 2 aromatic heterocycles. The summed E-state index contributed by atoms with van der Waals surface area (Å²) in [5, 5.41) is 7.22. The highest BCUT2D eigenvalue weighted by Crippen LogP contribution is 2.19. The summed E-state index contributed by atoms with van der Waals surface area (Å²) in [5.41, 5.74) is 0.913. The average molecular weight is 335 g/mol. The van der Waals surface area contributed by atoms with E-state index in [4.69, 9.17) is 4.98 Å². The molecule has 25 heavy (non-hydrogen) atoms. The summed E-state index contributed by atoms with van der Waals surface area (Å²) in [4.78, 5) is 32.1. The Kier molecular flexibility index (Phi) is 3.89. The van der Waals surface area contributed by atoms with Crippen LogP contribution < -0.4 is 10.5 Å². The van der Waals surface area contributed by atoms with Gasteiger partial charge in [-0.25, -0.2) is 10.1 Å². The van der Waals surface area contributed by atoms with Gasteiger partial charge in [-0.1, -0.05) is 18.2 Å². The standard InChI is InChI=1S/C18H17N5O2/c24-17-8-6-15(20-21-17)18(25)23-11-9-22(10-12-23)16-7-5-13-3-1-2-4-14(13)19-16/h1-8H,9-12H2,(H,21,24). The quantitative estimate of drug-likeness (QED) is 0.763. The van der Waals surface area contributed by atoms with E-state index in [1.165, 1.54) is 12.1 Å². The van der Waals surface area contributed by atoms with E-state index in [0.717, 1.165) is 16.7 Å². The zero-order chi connectivity index (χ0) is 17.2. The number of nitrogens with one attached hydrogen (secondary N) is 1. The predicted molar refractivity (Wildman–Crippen MR) is 94.7 cm³/mol. The second-order valence-corrected chi connectivity index (χ2v) is 5.95. The first kappa shape index (κ1) is 15.3. The number of carbonyl (C=O) groups is 1. The maximum atomic E-state index is 12.4. The number of H-pyrrole nitrogens is 1. The summed E-state index contributed by atoms with van der Waals surface area (Å²) in [5.74, 6) is 0.760. The lowest BCUT2D eigenvalue weighted by Gasteiger charge is -2.35. The average Bonchev–Trinajstić information content (AvgIpc) is 2.68. The van der Waals surface area contributed by atoms with Crippen LogP contribution in [0.2, 0.25) is 0 Å². The second kappa shape index (κ2) is 6.35. The van der Waals surface area contributed by atoms with Crippen molar-refractivity contribution in [1.82, 2.24) is 20.1 Å². The van der Waals surface area contributed by atoms with Gasteiger partial charge >= 0.3 is 0 Å². The highest BCUT2D eigenvalue weighted by atomic mass is 16.2. The summed E-state index contributed by atoms with van der Waals surface area (Å²) in [6, 6.07) is 14.9. The largest absolute Gasteiger partial charge is 0.353 e. The molecule has 1 aliphatic heterocycles. The topological polar surface area (TPSA) is 82.2 Å². The number of hydrogen-bond donors (Lipinski definition) is 1. The first-order chi connectivity index (χ1) is 12.2. The minimum Gasteiger partial charge on any atom is -0.353 e. The minimum absolute atomic E-state index is 0.164. The molecule has 3 aromatic rings. The molecule has 3 heterocycles. The van der Waals surface area contributed by atoms with Gasteiger partial charge < -0.3 is 9.80 Å². The lowest BCUT2D eigenvalue weighted by molar-refractivity contribution is 0.0739. The molecule has 1 N–H and O–H groups in total. The third-order valence-corrected chi connectivity index (χ3v) is 4.37. The SMILES string of the molecule is O=C(c1ccc(=O)[nH]n1)N1CCN(c2ccc3ccccc3n2)CC1.